The Bertz CT molecular complexity index is 321. The number of hydrogen-bond acceptors (Lipinski definition) is 4. The number of halogens is 1. The lowest BCUT2D eigenvalue weighted by Gasteiger charge is -2.19. The standard InChI is InChI=1S/C12H20ClN3S/c13-11-9-15-12(17-11)10-14-5-8-16-6-3-1-2-4-7-16/h9,14H,1-8,10H2. The first-order chi connectivity index (χ1) is 8.34. The highest BCUT2D eigenvalue weighted by Gasteiger charge is 2.08. The molecule has 1 saturated heterocycles. The molecule has 1 fully saturated rings. The first-order valence-electron chi connectivity index (χ1n) is 6.38. The van der Waals surface area contributed by atoms with Gasteiger partial charge in [0, 0.05) is 19.6 Å². The lowest BCUT2D eigenvalue weighted by Crippen LogP contribution is -2.32. The van der Waals surface area contributed by atoms with Crippen molar-refractivity contribution in [2.75, 3.05) is 26.2 Å². The fourth-order valence-corrected chi connectivity index (χ4v) is 3.09. The maximum Gasteiger partial charge on any atom is 0.113 e. The minimum Gasteiger partial charge on any atom is -0.309 e. The van der Waals surface area contributed by atoms with Crippen molar-refractivity contribution < 1.29 is 0 Å². The minimum atomic E-state index is 0.773. The molecule has 2 heterocycles. The lowest BCUT2D eigenvalue weighted by molar-refractivity contribution is 0.284. The van der Waals surface area contributed by atoms with E-state index in [2.05, 4.69) is 15.2 Å². The summed E-state index contributed by atoms with van der Waals surface area (Å²) in [5.41, 5.74) is 0. The molecule has 1 aromatic rings. The largest absolute Gasteiger partial charge is 0.309 e. The molecular formula is C12H20ClN3S. The smallest absolute Gasteiger partial charge is 0.113 e. The van der Waals surface area contributed by atoms with Crippen LogP contribution in [0, 0.1) is 0 Å². The lowest BCUT2D eigenvalue weighted by atomic mass is 10.2. The van der Waals surface area contributed by atoms with Crippen LogP contribution in [0.1, 0.15) is 30.7 Å². The van der Waals surface area contributed by atoms with E-state index in [0.29, 0.717) is 0 Å². The number of likely N-dealkylation sites (tertiary alicyclic amines) is 1. The van der Waals surface area contributed by atoms with Gasteiger partial charge in [-0.05, 0) is 25.9 Å². The van der Waals surface area contributed by atoms with Crippen LogP contribution in [0.15, 0.2) is 6.20 Å². The number of aromatic nitrogens is 1. The van der Waals surface area contributed by atoms with E-state index < -0.39 is 0 Å². The summed E-state index contributed by atoms with van der Waals surface area (Å²) in [6.45, 7) is 5.57. The molecule has 0 spiro atoms. The Morgan fingerprint density at radius 1 is 1.29 bits per heavy atom. The summed E-state index contributed by atoms with van der Waals surface area (Å²) in [5.74, 6) is 0. The van der Waals surface area contributed by atoms with Crippen LogP contribution in [0.5, 0.6) is 0 Å². The van der Waals surface area contributed by atoms with Crippen LogP contribution in [0.4, 0.5) is 0 Å². The summed E-state index contributed by atoms with van der Waals surface area (Å²) in [5, 5.41) is 4.51. The van der Waals surface area contributed by atoms with E-state index in [1.54, 1.807) is 17.5 Å². The Morgan fingerprint density at radius 3 is 2.71 bits per heavy atom. The molecule has 0 radical (unpaired) electrons. The third-order valence-corrected chi connectivity index (χ3v) is 4.22. The van der Waals surface area contributed by atoms with Gasteiger partial charge in [-0.2, -0.15) is 0 Å². The maximum absolute atomic E-state index is 5.83. The van der Waals surface area contributed by atoms with Crippen LogP contribution in [-0.2, 0) is 6.54 Å². The van der Waals surface area contributed by atoms with E-state index in [4.69, 9.17) is 11.6 Å². The molecule has 0 unspecified atom stereocenters. The number of nitrogens with one attached hydrogen (secondary N) is 1. The van der Waals surface area contributed by atoms with Crippen LogP contribution >= 0.6 is 22.9 Å². The van der Waals surface area contributed by atoms with Gasteiger partial charge in [-0.3, -0.25) is 0 Å². The molecule has 5 heteroatoms. The third kappa shape index (κ3) is 4.92. The van der Waals surface area contributed by atoms with Gasteiger partial charge < -0.3 is 10.2 Å². The number of rotatable bonds is 5. The van der Waals surface area contributed by atoms with Gasteiger partial charge in [-0.15, -0.1) is 11.3 Å². The van der Waals surface area contributed by atoms with Gasteiger partial charge >= 0.3 is 0 Å². The third-order valence-electron chi connectivity index (χ3n) is 3.11. The van der Waals surface area contributed by atoms with Gasteiger partial charge in [0.05, 0.1) is 6.20 Å². The van der Waals surface area contributed by atoms with E-state index in [1.165, 1.54) is 38.8 Å². The summed E-state index contributed by atoms with van der Waals surface area (Å²) >= 11 is 7.39. The molecule has 1 aliphatic heterocycles. The van der Waals surface area contributed by atoms with E-state index in [9.17, 15) is 0 Å². The summed E-state index contributed by atoms with van der Waals surface area (Å²) in [6.07, 6.45) is 7.26. The van der Waals surface area contributed by atoms with Crippen molar-refractivity contribution in [3.05, 3.63) is 15.5 Å². The molecule has 0 saturated carbocycles. The Hall–Kier alpha value is -0.160. The molecule has 17 heavy (non-hydrogen) atoms. The molecule has 1 aliphatic rings. The van der Waals surface area contributed by atoms with Crippen LogP contribution in [-0.4, -0.2) is 36.1 Å². The predicted molar refractivity (Wildman–Crippen MR) is 73.7 cm³/mol. The first-order valence-corrected chi connectivity index (χ1v) is 7.57. The second-order valence-electron chi connectivity index (χ2n) is 4.49. The SMILES string of the molecule is Clc1cnc(CNCCN2CCCCCC2)s1. The number of nitrogens with zero attached hydrogens (tertiary/aromatic N) is 2. The van der Waals surface area contributed by atoms with Crippen molar-refractivity contribution in [1.82, 2.24) is 15.2 Å². The molecule has 0 aromatic carbocycles. The quantitative estimate of drug-likeness (QED) is 0.837. The van der Waals surface area contributed by atoms with E-state index in [1.807, 2.05) is 0 Å². The van der Waals surface area contributed by atoms with Crippen molar-refractivity contribution in [3.63, 3.8) is 0 Å². The summed E-state index contributed by atoms with van der Waals surface area (Å²) < 4.78 is 0.773. The Morgan fingerprint density at radius 2 is 2.06 bits per heavy atom. The molecular weight excluding hydrogens is 254 g/mol. The van der Waals surface area contributed by atoms with Crippen LogP contribution in [0.25, 0.3) is 0 Å². The Kier molecular flexibility index (Phi) is 5.71. The molecule has 0 bridgehead atoms. The summed E-state index contributed by atoms with van der Waals surface area (Å²) in [6, 6.07) is 0. The predicted octanol–water partition coefficient (Wildman–Crippen LogP) is 2.76. The van der Waals surface area contributed by atoms with Gasteiger partial charge in [0.15, 0.2) is 0 Å². The zero-order chi connectivity index (χ0) is 11.9. The second-order valence-corrected chi connectivity index (χ2v) is 6.24. The maximum atomic E-state index is 5.83. The monoisotopic (exact) mass is 273 g/mol. The summed E-state index contributed by atoms with van der Waals surface area (Å²) in [7, 11) is 0. The van der Waals surface area contributed by atoms with E-state index in [0.717, 1.165) is 29.0 Å². The van der Waals surface area contributed by atoms with Crippen LogP contribution in [0.2, 0.25) is 4.34 Å². The summed E-state index contributed by atoms with van der Waals surface area (Å²) in [4.78, 5) is 6.79. The molecule has 96 valence electrons. The molecule has 1 N–H and O–H groups in total. The van der Waals surface area contributed by atoms with Gasteiger partial charge in [0.2, 0.25) is 0 Å². The van der Waals surface area contributed by atoms with Gasteiger partial charge in [0.25, 0.3) is 0 Å². The van der Waals surface area contributed by atoms with Crippen molar-refractivity contribution in [1.29, 1.82) is 0 Å². The average molecular weight is 274 g/mol. The van der Waals surface area contributed by atoms with Gasteiger partial charge in [-0.25, -0.2) is 4.98 Å². The highest BCUT2D eigenvalue weighted by Crippen LogP contribution is 2.17. The van der Waals surface area contributed by atoms with Crippen LogP contribution in [0.3, 0.4) is 0 Å². The fraction of sp³-hybridized carbons (Fsp3) is 0.750. The van der Waals surface area contributed by atoms with E-state index >= 15 is 0 Å². The topological polar surface area (TPSA) is 28.2 Å². The zero-order valence-electron chi connectivity index (χ0n) is 10.1. The average Bonchev–Trinajstić information content (AvgIpc) is 2.59. The molecule has 0 atom stereocenters. The van der Waals surface area contributed by atoms with Crippen LogP contribution < -0.4 is 5.32 Å². The second kappa shape index (κ2) is 7.31. The highest BCUT2D eigenvalue weighted by atomic mass is 35.5. The molecule has 1 aromatic heterocycles. The van der Waals surface area contributed by atoms with Crippen molar-refractivity contribution in [3.8, 4) is 0 Å². The highest BCUT2D eigenvalue weighted by molar-refractivity contribution is 7.15. The normalized spacial score (nSPS) is 18.2. The molecule has 0 amide bonds. The Balaban J connectivity index is 1.59. The van der Waals surface area contributed by atoms with Gasteiger partial charge in [-0.1, -0.05) is 24.4 Å². The molecule has 0 aliphatic carbocycles. The van der Waals surface area contributed by atoms with Gasteiger partial charge in [0.1, 0.15) is 9.34 Å². The fourth-order valence-electron chi connectivity index (χ4n) is 2.16. The van der Waals surface area contributed by atoms with E-state index in [-0.39, 0.29) is 0 Å². The minimum absolute atomic E-state index is 0.773. The van der Waals surface area contributed by atoms with Crippen molar-refractivity contribution in [2.24, 2.45) is 0 Å². The van der Waals surface area contributed by atoms with Crippen molar-refractivity contribution >= 4 is 22.9 Å². The number of thiazole rings is 1. The molecule has 3 nitrogen and oxygen atoms in total. The molecule has 2 rings (SSSR count). The first kappa shape index (κ1) is 13.3. The number of hydrogen-bond donors (Lipinski definition) is 1. The Labute approximate surface area is 112 Å². The van der Waals surface area contributed by atoms with Crippen molar-refractivity contribution in [2.45, 2.75) is 32.2 Å². The zero-order valence-corrected chi connectivity index (χ0v) is 11.7.